The Kier molecular flexibility index (Phi) is 6.05. The molecule has 1 fully saturated rings. The van der Waals surface area contributed by atoms with Crippen LogP contribution in [0.5, 0.6) is 0 Å². The third-order valence-corrected chi connectivity index (χ3v) is 4.25. The molecule has 3 N–H and O–H groups in total. The molecule has 1 heterocycles. The van der Waals surface area contributed by atoms with Crippen LogP contribution in [0, 0.1) is 5.92 Å². The summed E-state index contributed by atoms with van der Waals surface area (Å²) in [5.74, 6) is 0.993. The number of hydrogen-bond acceptors (Lipinski definition) is 3. The second-order valence-electron chi connectivity index (χ2n) is 6.12. The molecule has 1 aliphatic rings. The molecule has 0 saturated carbocycles. The third-order valence-electron chi connectivity index (χ3n) is 4.25. The predicted molar refractivity (Wildman–Crippen MR) is 87.0 cm³/mol. The SMILES string of the molecule is CC1CCN(CCNC(=O)CCc2ccc(N)cc2)CC1. The molecule has 0 aliphatic carbocycles. The highest BCUT2D eigenvalue weighted by Crippen LogP contribution is 2.15. The van der Waals surface area contributed by atoms with Gasteiger partial charge in [-0.1, -0.05) is 19.1 Å². The van der Waals surface area contributed by atoms with Gasteiger partial charge in [-0.15, -0.1) is 0 Å². The lowest BCUT2D eigenvalue weighted by Crippen LogP contribution is -2.39. The lowest BCUT2D eigenvalue weighted by atomic mass is 9.99. The van der Waals surface area contributed by atoms with Crippen LogP contribution >= 0.6 is 0 Å². The number of carbonyl (C=O) groups excluding carboxylic acids is 1. The number of rotatable bonds is 6. The predicted octanol–water partition coefficient (Wildman–Crippen LogP) is 2.05. The van der Waals surface area contributed by atoms with Crippen molar-refractivity contribution in [2.24, 2.45) is 5.92 Å². The van der Waals surface area contributed by atoms with Crippen molar-refractivity contribution < 1.29 is 4.79 Å². The number of aryl methyl sites for hydroxylation is 1. The number of nitrogens with one attached hydrogen (secondary N) is 1. The zero-order chi connectivity index (χ0) is 15.1. The van der Waals surface area contributed by atoms with Crippen LogP contribution in [0.4, 0.5) is 5.69 Å². The molecule has 1 aliphatic heterocycles. The number of nitrogens with two attached hydrogens (primary N) is 1. The Labute approximate surface area is 127 Å². The number of anilines is 1. The minimum absolute atomic E-state index is 0.136. The van der Waals surface area contributed by atoms with Crippen LogP contribution in [-0.4, -0.2) is 37.0 Å². The first-order valence-electron chi connectivity index (χ1n) is 7.97. The van der Waals surface area contributed by atoms with Crippen molar-refractivity contribution in [2.45, 2.75) is 32.6 Å². The van der Waals surface area contributed by atoms with E-state index in [1.807, 2.05) is 24.3 Å². The van der Waals surface area contributed by atoms with E-state index in [1.165, 1.54) is 25.9 Å². The first-order chi connectivity index (χ1) is 10.1. The van der Waals surface area contributed by atoms with Gasteiger partial charge in [-0.2, -0.15) is 0 Å². The molecule has 0 spiro atoms. The van der Waals surface area contributed by atoms with Gasteiger partial charge in [0, 0.05) is 25.2 Å². The average Bonchev–Trinajstić information content (AvgIpc) is 2.49. The molecule has 1 saturated heterocycles. The molecule has 1 aromatic rings. The van der Waals surface area contributed by atoms with Gasteiger partial charge in [0.2, 0.25) is 5.91 Å². The fourth-order valence-electron chi connectivity index (χ4n) is 2.67. The van der Waals surface area contributed by atoms with Crippen LogP contribution in [0.3, 0.4) is 0 Å². The number of likely N-dealkylation sites (tertiary alicyclic amines) is 1. The Balaban J connectivity index is 1.58. The van der Waals surface area contributed by atoms with Gasteiger partial charge in [0.25, 0.3) is 0 Å². The second-order valence-corrected chi connectivity index (χ2v) is 6.12. The smallest absolute Gasteiger partial charge is 0.220 e. The standard InChI is InChI=1S/C17H27N3O/c1-14-8-11-20(12-9-14)13-10-19-17(21)7-4-15-2-5-16(18)6-3-15/h2-3,5-6,14H,4,7-13,18H2,1H3,(H,19,21). The molecular formula is C17H27N3O. The molecule has 1 aromatic carbocycles. The minimum Gasteiger partial charge on any atom is -0.399 e. The number of benzene rings is 1. The fourth-order valence-corrected chi connectivity index (χ4v) is 2.67. The van der Waals surface area contributed by atoms with Crippen LogP contribution in [0.2, 0.25) is 0 Å². The summed E-state index contributed by atoms with van der Waals surface area (Å²) >= 11 is 0. The summed E-state index contributed by atoms with van der Waals surface area (Å²) < 4.78 is 0. The second kappa shape index (κ2) is 8.03. The van der Waals surface area contributed by atoms with E-state index >= 15 is 0 Å². The first kappa shape index (κ1) is 15.8. The number of hydrogen-bond donors (Lipinski definition) is 2. The number of carbonyl (C=O) groups is 1. The molecule has 2 rings (SSSR count). The summed E-state index contributed by atoms with van der Waals surface area (Å²) in [7, 11) is 0. The average molecular weight is 289 g/mol. The fraction of sp³-hybridized carbons (Fsp3) is 0.588. The van der Waals surface area contributed by atoms with Gasteiger partial charge in [0.1, 0.15) is 0 Å². The number of nitrogens with zero attached hydrogens (tertiary/aromatic N) is 1. The van der Waals surface area contributed by atoms with Crippen LogP contribution in [-0.2, 0) is 11.2 Å². The normalized spacial score (nSPS) is 16.8. The highest BCUT2D eigenvalue weighted by atomic mass is 16.1. The Hall–Kier alpha value is -1.55. The van der Waals surface area contributed by atoms with E-state index < -0.39 is 0 Å². The van der Waals surface area contributed by atoms with E-state index in [0.717, 1.165) is 36.7 Å². The molecule has 0 atom stereocenters. The zero-order valence-corrected chi connectivity index (χ0v) is 13.0. The van der Waals surface area contributed by atoms with Gasteiger partial charge in [-0.25, -0.2) is 0 Å². The van der Waals surface area contributed by atoms with E-state index in [2.05, 4.69) is 17.1 Å². The monoisotopic (exact) mass is 289 g/mol. The van der Waals surface area contributed by atoms with Crippen LogP contribution in [0.15, 0.2) is 24.3 Å². The van der Waals surface area contributed by atoms with Gasteiger partial charge in [0.15, 0.2) is 0 Å². The van der Waals surface area contributed by atoms with E-state index in [1.54, 1.807) is 0 Å². The summed E-state index contributed by atoms with van der Waals surface area (Å²) in [5, 5.41) is 3.02. The maximum Gasteiger partial charge on any atom is 0.220 e. The molecule has 1 amide bonds. The minimum atomic E-state index is 0.136. The van der Waals surface area contributed by atoms with Crippen LogP contribution in [0.1, 0.15) is 31.7 Å². The Morgan fingerprint density at radius 2 is 1.95 bits per heavy atom. The van der Waals surface area contributed by atoms with Crippen molar-refractivity contribution in [2.75, 3.05) is 31.9 Å². The summed E-state index contributed by atoms with van der Waals surface area (Å²) in [5.41, 5.74) is 7.56. The van der Waals surface area contributed by atoms with Crippen molar-refractivity contribution >= 4 is 11.6 Å². The molecule has 4 nitrogen and oxygen atoms in total. The lowest BCUT2D eigenvalue weighted by Gasteiger charge is -2.30. The van der Waals surface area contributed by atoms with E-state index in [-0.39, 0.29) is 5.91 Å². The van der Waals surface area contributed by atoms with Gasteiger partial charge < -0.3 is 16.0 Å². The quantitative estimate of drug-likeness (QED) is 0.788. The first-order valence-corrected chi connectivity index (χ1v) is 7.97. The molecular weight excluding hydrogens is 262 g/mol. The molecule has 0 bridgehead atoms. The Morgan fingerprint density at radius 1 is 1.29 bits per heavy atom. The summed E-state index contributed by atoms with van der Waals surface area (Å²) in [6.07, 6.45) is 3.88. The lowest BCUT2D eigenvalue weighted by molar-refractivity contribution is -0.121. The van der Waals surface area contributed by atoms with Crippen LogP contribution in [0.25, 0.3) is 0 Å². The number of amides is 1. The van der Waals surface area contributed by atoms with Gasteiger partial charge >= 0.3 is 0 Å². The highest BCUT2D eigenvalue weighted by Gasteiger charge is 2.15. The molecule has 21 heavy (non-hydrogen) atoms. The van der Waals surface area contributed by atoms with Crippen molar-refractivity contribution in [3.05, 3.63) is 29.8 Å². The topological polar surface area (TPSA) is 58.4 Å². The Morgan fingerprint density at radius 3 is 2.62 bits per heavy atom. The molecule has 0 radical (unpaired) electrons. The summed E-state index contributed by atoms with van der Waals surface area (Å²) in [6.45, 7) is 6.39. The molecule has 0 unspecified atom stereocenters. The van der Waals surface area contributed by atoms with E-state index in [4.69, 9.17) is 5.73 Å². The number of nitrogen functional groups attached to an aromatic ring is 1. The maximum absolute atomic E-state index is 11.8. The Bertz CT molecular complexity index is 436. The third kappa shape index (κ3) is 5.76. The highest BCUT2D eigenvalue weighted by molar-refractivity contribution is 5.76. The zero-order valence-electron chi connectivity index (χ0n) is 13.0. The maximum atomic E-state index is 11.8. The molecule has 4 heteroatoms. The summed E-state index contributed by atoms with van der Waals surface area (Å²) in [6, 6.07) is 7.73. The van der Waals surface area contributed by atoms with Gasteiger partial charge in [0.05, 0.1) is 0 Å². The van der Waals surface area contributed by atoms with Gasteiger partial charge in [-0.3, -0.25) is 4.79 Å². The van der Waals surface area contributed by atoms with Crippen molar-refractivity contribution in [1.29, 1.82) is 0 Å². The van der Waals surface area contributed by atoms with E-state index in [9.17, 15) is 4.79 Å². The number of piperidine rings is 1. The largest absolute Gasteiger partial charge is 0.399 e. The molecule has 0 aromatic heterocycles. The van der Waals surface area contributed by atoms with Crippen molar-refractivity contribution in [3.63, 3.8) is 0 Å². The van der Waals surface area contributed by atoms with Crippen molar-refractivity contribution in [1.82, 2.24) is 10.2 Å². The van der Waals surface area contributed by atoms with Crippen LogP contribution < -0.4 is 11.1 Å². The molecule has 116 valence electrons. The summed E-state index contributed by atoms with van der Waals surface area (Å²) in [4.78, 5) is 14.3. The van der Waals surface area contributed by atoms with Gasteiger partial charge in [-0.05, 0) is 56.0 Å². The van der Waals surface area contributed by atoms with E-state index in [0.29, 0.717) is 6.42 Å². The van der Waals surface area contributed by atoms with Crippen molar-refractivity contribution in [3.8, 4) is 0 Å².